The van der Waals surface area contributed by atoms with E-state index in [1.165, 1.54) is 0 Å². The van der Waals surface area contributed by atoms with E-state index >= 15 is 0 Å². The van der Waals surface area contributed by atoms with Gasteiger partial charge in [-0.2, -0.15) is 0 Å². The molecule has 5 heteroatoms. The topological polar surface area (TPSA) is 70.5 Å². The molecule has 5 nitrogen and oxygen atoms in total. The van der Waals surface area contributed by atoms with Crippen molar-refractivity contribution in [2.75, 3.05) is 0 Å². The molecule has 2 unspecified atom stereocenters. The molecule has 1 aromatic rings. The number of hydrogen-bond acceptors (Lipinski definition) is 3. The first kappa shape index (κ1) is 12.1. The van der Waals surface area contributed by atoms with Crippen molar-refractivity contribution < 1.29 is 14.7 Å². The maximum Gasteiger partial charge on any atom is 0.308 e. The first-order chi connectivity index (χ1) is 9.18. The van der Waals surface area contributed by atoms with E-state index in [0.29, 0.717) is 12.8 Å². The normalized spacial score (nSPS) is 27.4. The van der Waals surface area contributed by atoms with E-state index < -0.39 is 11.9 Å². The van der Waals surface area contributed by atoms with Gasteiger partial charge in [-0.25, -0.2) is 0 Å². The number of carbonyl (C=O) groups is 2. The van der Waals surface area contributed by atoms with Gasteiger partial charge in [-0.1, -0.05) is 0 Å². The van der Waals surface area contributed by atoms with Crippen molar-refractivity contribution in [1.82, 2.24) is 9.88 Å². The molecule has 2 heterocycles. The summed E-state index contributed by atoms with van der Waals surface area (Å²) in [6, 6.07) is 3.52. The SMILES string of the molecule is O=C(O)C1CCC(=O)N(C2CC2)C1c1ccncc1. The summed E-state index contributed by atoms with van der Waals surface area (Å²) < 4.78 is 0. The molecule has 0 radical (unpaired) electrons. The minimum Gasteiger partial charge on any atom is -0.481 e. The number of carboxylic acid groups (broad SMARTS) is 1. The Morgan fingerprint density at radius 2 is 1.95 bits per heavy atom. The average Bonchev–Trinajstić information content (AvgIpc) is 3.23. The fourth-order valence-electron chi connectivity index (χ4n) is 2.91. The predicted octanol–water partition coefficient (Wildman–Crippen LogP) is 1.61. The number of amides is 1. The largest absolute Gasteiger partial charge is 0.481 e. The molecule has 0 bridgehead atoms. The van der Waals surface area contributed by atoms with E-state index in [0.717, 1.165) is 18.4 Å². The Kier molecular flexibility index (Phi) is 2.97. The Balaban J connectivity index is 2.00. The van der Waals surface area contributed by atoms with Crippen molar-refractivity contribution in [1.29, 1.82) is 0 Å². The zero-order valence-corrected chi connectivity index (χ0v) is 10.5. The number of aromatic nitrogens is 1. The van der Waals surface area contributed by atoms with E-state index in [4.69, 9.17) is 0 Å². The van der Waals surface area contributed by atoms with E-state index in [2.05, 4.69) is 4.98 Å². The molecule has 1 saturated heterocycles. The Hall–Kier alpha value is -1.91. The summed E-state index contributed by atoms with van der Waals surface area (Å²) in [6.45, 7) is 0. The molecule has 1 amide bonds. The van der Waals surface area contributed by atoms with E-state index in [1.54, 1.807) is 17.3 Å². The number of pyridine rings is 1. The number of carbonyl (C=O) groups excluding carboxylic acids is 1. The van der Waals surface area contributed by atoms with Crippen LogP contribution < -0.4 is 0 Å². The van der Waals surface area contributed by atoms with Gasteiger partial charge in [0.15, 0.2) is 0 Å². The monoisotopic (exact) mass is 260 g/mol. The molecule has 1 saturated carbocycles. The number of likely N-dealkylation sites (tertiary alicyclic amines) is 1. The third-order valence-electron chi connectivity index (χ3n) is 3.94. The quantitative estimate of drug-likeness (QED) is 0.896. The zero-order valence-electron chi connectivity index (χ0n) is 10.5. The molecule has 1 aliphatic carbocycles. The summed E-state index contributed by atoms with van der Waals surface area (Å²) in [7, 11) is 0. The van der Waals surface area contributed by atoms with Crippen LogP contribution in [-0.2, 0) is 9.59 Å². The van der Waals surface area contributed by atoms with Gasteiger partial charge in [0, 0.05) is 24.9 Å². The lowest BCUT2D eigenvalue weighted by molar-refractivity contribution is -0.152. The maximum absolute atomic E-state index is 12.1. The molecule has 1 aromatic heterocycles. The van der Waals surface area contributed by atoms with Gasteiger partial charge in [0.25, 0.3) is 0 Å². The maximum atomic E-state index is 12.1. The van der Waals surface area contributed by atoms with Crippen LogP contribution in [0.3, 0.4) is 0 Å². The molecule has 100 valence electrons. The first-order valence-electron chi connectivity index (χ1n) is 6.62. The van der Waals surface area contributed by atoms with Gasteiger partial charge < -0.3 is 10.0 Å². The highest BCUT2D eigenvalue weighted by atomic mass is 16.4. The second-order valence-electron chi connectivity index (χ2n) is 5.24. The fourth-order valence-corrected chi connectivity index (χ4v) is 2.91. The average molecular weight is 260 g/mol. The van der Waals surface area contributed by atoms with Crippen LogP contribution in [0.1, 0.15) is 37.3 Å². The van der Waals surface area contributed by atoms with Crippen LogP contribution in [-0.4, -0.2) is 32.9 Å². The van der Waals surface area contributed by atoms with Crippen LogP contribution >= 0.6 is 0 Å². The summed E-state index contributed by atoms with van der Waals surface area (Å²) in [6.07, 6.45) is 6.04. The smallest absolute Gasteiger partial charge is 0.308 e. The number of aliphatic carboxylic acids is 1. The van der Waals surface area contributed by atoms with Crippen LogP contribution in [0.25, 0.3) is 0 Å². The summed E-state index contributed by atoms with van der Waals surface area (Å²) in [5, 5.41) is 9.42. The van der Waals surface area contributed by atoms with Crippen LogP contribution in [0.15, 0.2) is 24.5 Å². The van der Waals surface area contributed by atoms with Crippen molar-refractivity contribution in [3.8, 4) is 0 Å². The summed E-state index contributed by atoms with van der Waals surface area (Å²) in [4.78, 5) is 29.4. The number of rotatable bonds is 3. The van der Waals surface area contributed by atoms with Gasteiger partial charge in [-0.05, 0) is 37.0 Å². The highest BCUT2D eigenvalue weighted by molar-refractivity contribution is 5.82. The minimum absolute atomic E-state index is 0.0850. The number of hydrogen-bond donors (Lipinski definition) is 1. The molecule has 3 rings (SSSR count). The summed E-state index contributed by atoms with van der Waals surface area (Å²) >= 11 is 0. The van der Waals surface area contributed by atoms with E-state index in [1.807, 2.05) is 12.1 Å². The molecule has 2 aliphatic rings. The van der Waals surface area contributed by atoms with E-state index in [-0.39, 0.29) is 18.0 Å². The molecule has 0 spiro atoms. The lowest BCUT2D eigenvalue weighted by Crippen LogP contribution is -2.46. The highest BCUT2D eigenvalue weighted by Gasteiger charge is 2.46. The van der Waals surface area contributed by atoms with Gasteiger partial charge in [0.2, 0.25) is 5.91 Å². The van der Waals surface area contributed by atoms with Crippen LogP contribution in [0.4, 0.5) is 0 Å². The van der Waals surface area contributed by atoms with Gasteiger partial charge >= 0.3 is 5.97 Å². The highest BCUT2D eigenvalue weighted by Crippen LogP contribution is 2.43. The van der Waals surface area contributed by atoms with Gasteiger partial charge in [0.05, 0.1) is 12.0 Å². The number of carboxylic acids is 1. The molecule has 1 aliphatic heterocycles. The Bertz CT molecular complexity index is 499. The molecule has 2 fully saturated rings. The Morgan fingerprint density at radius 1 is 1.26 bits per heavy atom. The van der Waals surface area contributed by atoms with Crippen molar-refractivity contribution >= 4 is 11.9 Å². The predicted molar refractivity (Wildman–Crippen MR) is 67.2 cm³/mol. The van der Waals surface area contributed by atoms with Crippen LogP contribution in [0.2, 0.25) is 0 Å². The Labute approximate surface area is 111 Å². The molecule has 2 atom stereocenters. The molecule has 19 heavy (non-hydrogen) atoms. The number of nitrogens with zero attached hydrogens (tertiary/aromatic N) is 2. The second kappa shape index (κ2) is 4.64. The molecular weight excluding hydrogens is 244 g/mol. The molecule has 1 N–H and O–H groups in total. The van der Waals surface area contributed by atoms with Crippen molar-refractivity contribution in [3.05, 3.63) is 30.1 Å². The minimum atomic E-state index is -0.819. The third-order valence-corrected chi connectivity index (χ3v) is 3.94. The standard InChI is InChI=1S/C14H16N2O3/c17-12-4-3-11(14(18)19)13(16(12)10-1-2-10)9-5-7-15-8-6-9/h5-8,10-11,13H,1-4H2,(H,18,19). The van der Waals surface area contributed by atoms with Crippen LogP contribution in [0.5, 0.6) is 0 Å². The summed E-state index contributed by atoms with van der Waals surface area (Å²) in [5.41, 5.74) is 0.877. The van der Waals surface area contributed by atoms with Gasteiger partial charge in [-0.3, -0.25) is 14.6 Å². The fraction of sp³-hybridized carbons (Fsp3) is 0.500. The first-order valence-corrected chi connectivity index (χ1v) is 6.62. The zero-order chi connectivity index (χ0) is 13.4. The lowest BCUT2D eigenvalue weighted by atomic mass is 9.84. The van der Waals surface area contributed by atoms with Gasteiger partial charge in [0.1, 0.15) is 0 Å². The molecular formula is C14H16N2O3. The lowest BCUT2D eigenvalue weighted by Gasteiger charge is -2.40. The summed E-state index contributed by atoms with van der Waals surface area (Å²) in [5.74, 6) is -1.25. The Morgan fingerprint density at radius 3 is 2.53 bits per heavy atom. The van der Waals surface area contributed by atoms with Crippen molar-refractivity contribution in [3.63, 3.8) is 0 Å². The third kappa shape index (κ3) is 2.20. The van der Waals surface area contributed by atoms with E-state index in [9.17, 15) is 14.7 Å². The number of piperidine rings is 1. The van der Waals surface area contributed by atoms with Crippen LogP contribution in [0, 0.1) is 5.92 Å². The molecule has 0 aromatic carbocycles. The van der Waals surface area contributed by atoms with Gasteiger partial charge in [-0.15, -0.1) is 0 Å². The van der Waals surface area contributed by atoms with Crippen molar-refractivity contribution in [2.24, 2.45) is 5.92 Å². The van der Waals surface area contributed by atoms with Crippen molar-refractivity contribution in [2.45, 2.75) is 37.8 Å². The second-order valence-corrected chi connectivity index (χ2v) is 5.24.